The Morgan fingerprint density at radius 3 is 1.00 bits per heavy atom. The van der Waals surface area contributed by atoms with Crippen molar-refractivity contribution in [1.82, 2.24) is 0 Å². The first-order chi connectivity index (χ1) is 4.00. The van der Waals surface area contributed by atoms with Gasteiger partial charge in [0.1, 0.15) is 0 Å². The maximum absolute atomic E-state index is 8.60. The van der Waals surface area contributed by atoms with Crippen LogP contribution in [0.15, 0.2) is 0 Å². The Morgan fingerprint density at radius 2 is 1.00 bits per heavy atom. The Labute approximate surface area is 78.6 Å². The number of rotatable bonds is 0. The molecule has 0 aromatic rings. The smallest absolute Gasteiger partial charge is 1.00 e. The Morgan fingerprint density at radius 1 is 1.00 bits per heavy atom. The molecule has 0 atom stereocenters. The van der Waals surface area contributed by atoms with Crippen molar-refractivity contribution < 1.29 is 31.7 Å². The van der Waals surface area contributed by atoms with Crippen molar-refractivity contribution >= 4 is 23.1 Å². The van der Waals surface area contributed by atoms with Crippen molar-refractivity contribution in [3.05, 3.63) is 0 Å². The van der Waals surface area contributed by atoms with Gasteiger partial charge in [-0.25, -0.2) is 0 Å². The van der Waals surface area contributed by atoms with Crippen LogP contribution in [0.4, 0.5) is 0 Å². The van der Waals surface area contributed by atoms with E-state index in [2.05, 4.69) is 23.4 Å². The third-order valence-electron chi connectivity index (χ3n) is 0. The van der Waals surface area contributed by atoms with Crippen LogP contribution in [0.25, 0.3) is 0 Å². The van der Waals surface area contributed by atoms with Crippen molar-refractivity contribution in [2.45, 2.75) is 0 Å². The Balaban J connectivity index is -0.0000000116. The second kappa shape index (κ2) is 16.4. The minimum absolute atomic E-state index is 0. The summed E-state index contributed by atoms with van der Waals surface area (Å²) in [4.78, 5) is 0. The molecule has 0 rings (SSSR count). The first-order valence-electron chi connectivity index (χ1n) is 1.30. The normalized spacial score (nSPS) is 7.20. The van der Waals surface area contributed by atoms with E-state index in [1.54, 1.807) is 0 Å². The number of halogens is 1. The maximum atomic E-state index is 8.60. The molecular formula is H11ClMgN4O4. The topological polar surface area (TPSA) is 193 Å². The summed E-state index contributed by atoms with van der Waals surface area (Å²) in [7, 11) is -4.69. The molecule has 0 bridgehead atoms. The molecule has 10 heteroatoms. The summed E-state index contributed by atoms with van der Waals surface area (Å²) in [6, 6.07) is 0. The monoisotopic (exact) mass is 190 g/mol. The Hall–Kier alpha value is 0.736. The average Bonchev–Trinajstić information content (AvgIpc) is 1.72. The van der Waals surface area contributed by atoms with Crippen LogP contribution in [-0.4, -0.2) is 27.7 Å². The zero-order valence-corrected chi connectivity index (χ0v) is 7.24. The number of hydrogen-bond acceptors (Lipinski definition) is 8. The SMILES string of the molecule is NN.NN.[H-].[H-].[Mg+2].[O-][Cl+3]([O-])([O-])O. The molecule has 8 nitrogen and oxygen atoms in total. The van der Waals surface area contributed by atoms with Gasteiger partial charge in [0.15, 0.2) is 0 Å². The van der Waals surface area contributed by atoms with E-state index in [-0.39, 0.29) is 25.9 Å². The van der Waals surface area contributed by atoms with Crippen LogP contribution in [-0.2, 0) is 0 Å². The summed E-state index contributed by atoms with van der Waals surface area (Å²) >= 11 is 0. The molecule has 0 spiro atoms. The van der Waals surface area contributed by atoms with Crippen molar-refractivity contribution in [2.75, 3.05) is 0 Å². The van der Waals surface area contributed by atoms with Crippen LogP contribution in [0.2, 0.25) is 0 Å². The van der Waals surface area contributed by atoms with Gasteiger partial charge >= 0.3 is 23.1 Å². The zero-order valence-electron chi connectivity index (χ0n) is 7.07. The van der Waals surface area contributed by atoms with Crippen LogP contribution >= 0.6 is 0 Å². The van der Waals surface area contributed by atoms with Gasteiger partial charge in [0.2, 0.25) is 0 Å². The second-order valence-corrected chi connectivity index (χ2v) is 1.19. The van der Waals surface area contributed by atoms with E-state index >= 15 is 0 Å². The molecule has 0 aromatic heterocycles. The molecule has 0 fully saturated rings. The fourth-order valence-corrected chi connectivity index (χ4v) is 0. The van der Waals surface area contributed by atoms with Crippen molar-refractivity contribution in [3.8, 4) is 0 Å². The van der Waals surface area contributed by atoms with Crippen molar-refractivity contribution in [2.24, 2.45) is 23.4 Å². The van der Waals surface area contributed by atoms with Gasteiger partial charge < -0.3 is 2.85 Å². The van der Waals surface area contributed by atoms with E-state index in [0.717, 1.165) is 0 Å². The van der Waals surface area contributed by atoms with Gasteiger partial charge in [-0.1, -0.05) is 0 Å². The summed E-state index contributed by atoms with van der Waals surface area (Å²) in [6.45, 7) is 0. The summed E-state index contributed by atoms with van der Waals surface area (Å²) < 4.78 is 32.7. The van der Waals surface area contributed by atoms with Gasteiger partial charge in [0, 0.05) is 0 Å². The Bertz CT molecular complexity index is 40.5. The van der Waals surface area contributed by atoms with Crippen LogP contribution in [0.1, 0.15) is 2.85 Å². The molecule has 0 heterocycles. The predicted octanol–water partition coefficient (Wildman–Crippen LogP) is -6.64. The van der Waals surface area contributed by atoms with E-state index in [1.165, 1.54) is 0 Å². The molecule has 0 radical (unpaired) electrons. The van der Waals surface area contributed by atoms with Crippen molar-refractivity contribution in [1.29, 1.82) is 0 Å². The van der Waals surface area contributed by atoms with Crippen molar-refractivity contribution in [3.63, 3.8) is 0 Å². The number of hydrogen-bond donors (Lipinski definition) is 5. The second-order valence-electron chi connectivity index (χ2n) is 0.396. The summed E-state index contributed by atoms with van der Waals surface area (Å²) in [5, 5.41) is 0. The molecule has 0 saturated heterocycles. The van der Waals surface area contributed by atoms with Gasteiger partial charge in [-0.2, -0.15) is 14.0 Å². The largest absolute Gasteiger partial charge is 2.00 e. The summed E-state index contributed by atoms with van der Waals surface area (Å²) in [5.74, 6) is 16.0. The molecule has 0 saturated carbocycles. The van der Waals surface area contributed by atoms with E-state index < -0.39 is 10.2 Å². The molecular weight excluding hydrogens is 180 g/mol. The molecule has 0 aliphatic rings. The molecule has 0 unspecified atom stereocenters. The summed E-state index contributed by atoms with van der Waals surface area (Å²) in [6.07, 6.45) is 0. The van der Waals surface area contributed by atoms with Gasteiger partial charge in [-0.05, 0) is 0 Å². The van der Waals surface area contributed by atoms with E-state index in [9.17, 15) is 0 Å². The van der Waals surface area contributed by atoms with Gasteiger partial charge in [0.25, 0.3) is 0 Å². The molecule has 0 aromatic carbocycles. The fraction of sp³-hybridized carbons (Fsp3) is 0. The van der Waals surface area contributed by atoms with Gasteiger partial charge in [0.05, 0.1) is 14.9 Å². The maximum Gasteiger partial charge on any atom is 2.00 e. The molecule has 64 valence electrons. The predicted molar refractivity (Wildman–Crippen MR) is 26.9 cm³/mol. The standard InChI is InChI=1S/ClHO4.Mg.2H4N2.2H/c2-1(3,4)5;;2*1-2;;/h(H,2,3,4,5);;2*1-2H2;;/q;+2;;;2*-1. The van der Waals surface area contributed by atoms with E-state index in [4.69, 9.17) is 18.6 Å². The van der Waals surface area contributed by atoms with Crippen LogP contribution < -0.4 is 37.3 Å². The van der Waals surface area contributed by atoms with E-state index in [0.29, 0.717) is 0 Å². The molecule has 10 heavy (non-hydrogen) atoms. The fourth-order valence-electron chi connectivity index (χ4n) is 0. The minimum atomic E-state index is -4.69. The number of hydrazine groups is 2. The van der Waals surface area contributed by atoms with Crippen LogP contribution in [0.3, 0.4) is 0 Å². The van der Waals surface area contributed by atoms with Crippen LogP contribution in [0.5, 0.6) is 0 Å². The molecule has 9 N–H and O–H groups in total. The molecule has 0 amide bonds. The quantitative estimate of drug-likeness (QED) is 0.141. The Kier molecular flexibility index (Phi) is 36.7. The molecule has 0 aliphatic carbocycles. The van der Waals surface area contributed by atoms with E-state index in [1.807, 2.05) is 0 Å². The van der Waals surface area contributed by atoms with Gasteiger partial charge in [-0.15, -0.1) is 0 Å². The minimum Gasteiger partial charge on any atom is -1.00 e. The molecule has 0 aliphatic heterocycles. The first kappa shape index (κ1) is 22.4. The zero-order chi connectivity index (χ0) is 8.50. The number of nitrogens with two attached hydrogens (primary N) is 4. The third-order valence-corrected chi connectivity index (χ3v) is 0. The van der Waals surface area contributed by atoms with Gasteiger partial charge in [-0.3, -0.25) is 23.4 Å². The summed E-state index contributed by atoms with van der Waals surface area (Å²) in [5.41, 5.74) is 0. The third kappa shape index (κ3) is 965. The first-order valence-corrected chi connectivity index (χ1v) is 2.56. The average molecular weight is 191 g/mol. The van der Waals surface area contributed by atoms with Crippen LogP contribution in [0, 0.1) is 10.2 Å².